The number of hydrogen-bond acceptors (Lipinski definition) is 8. The molecule has 0 bridgehead atoms. The van der Waals surface area contributed by atoms with Gasteiger partial charge in [-0.05, 0) is 61.4 Å². The number of carbonyl (C=O) groups is 3. The van der Waals surface area contributed by atoms with Gasteiger partial charge in [0.25, 0.3) is 0 Å². The summed E-state index contributed by atoms with van der Waals surface area (Å²) >= 11 is 3.14. The molecular formula is C35H29N3O3S2. The number of rotatable bonds is 2. The molecule has 1 aromatic carbocycles. The van der Waals surface area contributed by atoms with E-state index < -0.39 is 0 Å². The lowest BCUT2D eigenvalue weighted by Crippen LogP contribution is -2.27. The Bertz CT molecular complexity index is 1880. The van der Waals surface area contributed by atoms with Gasteiger partial charge in [0.2, 0.25) is 5.78 Å². The zero-order valence-electron chi connectivity index (χ0n) is 23.9. The predicted octanol–water partition coefficient (Wildman–Crippen LogP) is 8.34. The molecule has 0 aliphatic heterocycles. The van der Waals surface area contributed by atoms with E-state index in [-0.39, 0.29) is 40.3 Å². The van der Waals surface area contributed by atoms with Crippen LogP contribution in [-0.4, -0.2) is 28.8 Å². The van der Waals surface area contributed by atoms with Crippen LogP contribution < -0.4 is 0 Å². The van der Waals surface area contributed by atoms with Crippen LogP contribution in [0.3, 0.4) is 0 Å². The van der Waals surface area contributed by atoms with Gasteiger partial charge < -0.3 is 0 Å². The van der Waals surface area contributed by atoms with E-state index in [1.165, 1.54) is 17.5 Å². The Morgan fingerprint density at radius 1 is 0.814 bits per heavy atom. The van der Waals surface area contributed by atoms with Gasteiger partial charge in [-0.25, -0.2) is 9.98 Å². The molecule has 0 amide bonds. The molecule has 214 valence electrons. The highest BCUT2D eigenvalue weighted by atomic mass is 32.1. The summed E-state index contributed by atoms with van der Waals surface area (Å²) in [7, 11) is 0. The smallest absolute Gasteiger partial charge is 0.212 e. The van der Waals surface area contributed by atoms with Crippen LogP contribution in [0.5, 0.6) is 0 Å². The Morgan fingerprint density at radius 3 is 1.95 bits per heavy atom. The Hall–Kier alpha value is -3.80. The molecule has 3 aromatic rings. The van der Waals surface area contributed by atoms with Gasteiger partial charge >= 0.3 is 0 Å². The molecule has 1 spiro atoms. The van der Waals surface area contributed by atoms with Gasteiger partial charge in [0, 0.05) is 34.0 Å². The van der Waals surface area contributed by atoms with Crippen molar-refractivity contribution in [2.45, 2.75) is 70.1 Å². The number of ketones is 3. The van der Waals surface area contributed by atoms with Crippen molar-refractivity contribution >= 4 is 67.0 Å². The first-order valence-electron chi connectivity index (χ1n) is 15.2. The van der Waals surface area contributed by atoms with Crippen molar-refractivity contribution in [3.63, 3.8) is 0 Å². The number of hydrogen-bond donors (Lipinski definition) is 0. The SMILES string of the molecule is CC(C#N)=C1C(=Nc2cc3c(s2)-c2sc(N=C4C(=O)C5CCCCC5C4=O)cc2C32CCCCC2)C(=O)c2ccccc21. The fourth-order valence-electron chi connectivity index (χ4n) is 8.13. The number of thiophene rings is 2. The van der Waals surface area contributed by atoms with E-state index in [9.17, 15) is 19.6 Å². The third kappa shape index (κ3) is 3.84. The molecule has 2 aromatic heterocycles. The van der Waals surface area contributed by atoms with Gasteiger partial charge in [0.15, 0.2) is 17.3 Å². The van der Waals surface area contributed by atoms with Crippen molar-refractivity contribution in [1.29, 1.82) is 5.26 Å². The van der Waals surface area contributed by atoms with Crippen LogP contribution in [-0.2, 0) is 15.0 Å². The van der Waals surface area contributed by atoms with Crippen LogP contribution in [0.15, 0.2) is 52.0 Å². The van der Waals surface area contributed by atoms with E-state index in [1.54, 1.807) is 35.7 Å². The van der Waals surface area contributed by atoms with Crippen molar-refractivity contribution in [3.05, 3.63) is 64.2 Å². The second-order valence-corrected chi connectivity index (χ2v) is 14.5. The first kappa shape index (κ1) is 26.8. The Kier molecular flexibility index (Phi) is 6.15. The fourth-order valence-corrected chi connectivity index (χ4v) is 10.6. The van der Waals surface area contributed by atoms with Gasteiger partial charge in [-0.1, -0.05) is 56.4 Å². The minimum atomic E-state index is -0.185. The van der Waals surface area contributed by atoms with E-state index >= 15 is 0 Å². The Balaban J connectivity index is 1.23. The van der Waals surface area contributed by atoms with Crippen LogP contribution in [0.4, 0.5) is 10.0 Å². The van der Waals surface area contributed by atoms with Crippen molar-refractivity contribution in [2.24, 2.45) is 21.8 Å². The molecule has 5 aliphatic rings. The maximum absolute atomic E-state index is 13.5. The molecule has 2 heterocycles. The summed E-state index contributed by atoms with van der Waals surface area (Å²) in [5.74, 6) is -0.652. The highest BCUT2D eigenvalue weighted by Gasteiger charge is 2.49. The first-order valence-corrected chi connectivity index (χ1v) is 16.8. The van der Waals surface area contributed by atoms with Gasteiger partial charge in [0.1, 0.15) is 15.7 Å². The van der Waals surface area contributed by atoms with E-state index in [4.69, 9.17) is 9.98 Å². The second kappa shape index (κ2) is 9.87. The van der Waals surface area contributed by atoms with Crippen molar-refractivity contribution < 1.29 is 14.4 Å². The van der Waals surface area contributed by atoms with Crippen LogP contribution in [0.1, 0.15) is 91.8 Å². The highest BCUT2D eigenvalue weighted by molar-refractivity contribution is 7.26. The van der Waals surface area contributed by atoms with E-state index in [0.29, 0.717) is 22.4 Å². The molecule has 2 unspecified atom stereocenters. The summed E-state index contributed by atoms with van der Waals surface area (Å²) in [4.78, 5) is 51.8. The molecule has 5 aliphatic carbocycles. The summed E-state index contributed by atoms with van der Waals surface area (Å²) in [5.41, 5.74) is 5.30. The molecular weight excluding hydrogens is 575 g/mol. The highest BCUT2D eigenvalue weighted by Crippen LogP contribution is 2.63. The molecule has 0 saturated heterocycles. The number of carbonyl (C=O) groups excluding carboxylic acids is 3. The molecule has 6 nitrogen and oxygen atoms in total. The monoisotopic (exact) mass is 603 g/mol. The van der Waals surface area contributed by atoms with Crippen LogP contribution in [0.25, 0.3) is 15.3 Å². The van der Waals surface area contributed by atoms with E-state index in [2.05, 4.69) is 18.2 Å². The van der Waals surface area contributed by atoms with Gasteiger partial charge in [-0.15, -0.1) is 22.7 Å². The van der Waals surface area contributed by atoms with Crippen molar-refractivity contribution in [2.75, 3.05) is 0 Å². The largest absolute Gasteiger partial charge is 0.292 e. The van der Waals surface area contributed by atoms with Gasteiger partial charge in [-0.3, -0.25) is 14.4 Å². The lowest BCUT2D eigenvalue weighted by molar-refractivity contribution is -0.120. The summed E-state index contributed by atoms with van der Waals surface area (Å²) < 4.78 is 0. The Labute approximate surface area is 257 Å². The second-order valence-electron chi connectivity index (χ2n) is 12.4. The molecule has 8 heteroatoms. The third-order valence-electron chi connectivity index (χ3n) is 10.2. The standard InChI is InChI=1S/C35H29N3O3S2/c1-18(17-36)27-19-9-3-4-10-20(19)30(39)28(27)37-25-15-23-33(42-25)34-24(35(23)13-7-2-8-14-35)16-26(43-34)38-29-31(40)21-11-5-6-12-22(21)32(29)41/h3-4,9-10,15-16,21-22H,2,5-8,11-14H2,1H3. The number of aliphatic imine (C=N–C) groups is 2. The summed E-state index contributed by atoms with van der Waals surface area (Å²) in [5, 5.41) is 11.2. The maximum atomic E-state index is 13.5. The predicted molar refractivity (Wildman–Crippen MR) is 170 cm³/mol. The lowest BCUT2D eigenvalue weighted by atomic mass is 9.68. The molecule has 8 rings (SSSR count). The molecule has 43 heavy (non-hydrogen) atoms. The van der Waals surface area contributed by atoms with E-state index in [0.717, 1.165) is 76.7 Å². The normalized spacial score (nSPS) is 25.5. The van der Waals surface area contributed by atoms with Crippen LogP contribution >= 0.6 is 22.7 Å². The average Bonchev–Trinajstić information content (AvgIpc) is 3.81. The van der Waals surface area contributed by atoms with Crippen molar-refractivity contribution in [3.8, 4) is 15.8 Å². The zero-order chi connectivity index (χ0) is 29.5. The lowest BCUT2D eigenvalue weighted by Gasteiger charge is -2.34. The maximum Gasteiger partial charge on any atom is 0.212 e. The van der Waals surface area contributed by atoms with Crippen LogP contribution in [0, 0.1) is 23.2 Å². The minimum absolute atomic E-state index is 0.0655. The molecule has 3 saturated carbocycles. The zero-order valence-corrected chi connectivity index (χ0v) is 25.5. The number of allylic oxidation sites excluding steroid dienone is 2. The molecule has 0 N–H and O–H groups in total. The number of nitrogens with zero attached hydrogens (tertiary/aromatic N) is 3. The number of benzene rings is 1. The number of fused-ring (bicyclic) bond motifs is 7. The first-order chi connectivity index (χ1) is 20.9. The fraction of sp³-hybridized carbons (Fsp3) is 0.371. The summed E-state index contributed by atoms with van der Waals surface area (Å²) in [6.45, 7) is 1.74. The van der Waals surface area contributed by atoms with Crippen molar-refractivity contribution in [1.82, 2.24) is 0 Å². The summed E-state index contributed by atoms with van der Waals surface area (Å²) in [6.07, 6.45) is 9.09. The van der Waals surface area contributed by atoms with Gasteiger partial charge in [-0.2, -0.15) is 5.26 Å². The molecule has 0 radical (unpaired) electrons. The van der Waals surface area contributed by atoms with Gasteiger partial charge in [0.05, 0.1) is 15.8 Å². The topological polar surface area (TPSA) is 99.7 Å². The van der Waals surface area contributed by atoms with E-state index in [1.807, 2.05) is 18.2 Å². The average molecular weight is 604 g/mol. The number of Topliss-reactive ketones (excluding diaryl/α,β-unsaturated/α-hetero) is 3. The Morgan fingerprint density at radius 2 is 1.37 bits per heavy atom. The van der Waals surface area contributed by atoms with Crippen LogP contribution in [0.2, 0.25) is 0 Å². The molecule has 2 atom stereocenters. The minimum Gasteiger partial charge on any atom is -0.292 e. The molecule has 3 fully saturated rings. The summed E-state index contributed by atoms with van der Waals surface area (Å²) in [6, 6.07) is 13.9. The third-order valence-corrected chi connectivity index (χ3v) is 12.4. The number of nitriles is 1. The quantitative estimate of drug-likeness (QED) is 0.275.